The predicted molar refractivity (Wildman–Crippen MR) is 91.4 cm³/mol. The van der Waals surface area contributed by atoms with Crippen molar-refractivity contribution in [3.63, 3.8) is 0 Å². The van der Waals surface area contributed by atoms with Gasteiger partial charge in [0.25, 0.3) is 0 Å². The zero-order valence-electron chi connectivity index (χ0n) is 13.5. The fraction of sp³-hybridized carbons (Fsp3) is 0.263. The van der Waals surface area contributed by atoms with Crippen molar-refractivity contribution >= 4 is 22.5 Å². The van der Waals surface area contributed by atoms with E-state index in [9.17, 15) is 18.3 Å². The molecule has 0 atom stereocenters. The summed E-state index contributed by atoms with van der Waals surface area (Å²) < 4.78 is 45.2. The maximum Gasteiger partial charge on any atom is 0.420 e. The molecule has 0 amide bonds. The first kappa shape index (κ1) is 17.1. The molecular weight excluding hydrogens is 367 g/mol. The van der Waals surface area contributed by atoms with Gasteiger partial charge in [-0.05, 0) is 48.9 Å². The van der Waals surface area contributed by atoms with Crippen molar-refractivity contribution in [2.75, 3.05) is 0 Å². The second kappa shape index (κ2) is 6.13. The van der Waals surface area contributed by atoms with Crippen LogP contribution in [0.1, 0.15) is 24.0 Å². The Balaban J connectivity index is 1.73. The van der Waals surface area contributed by atoms with Crippen LogP contribution in [0.25, 0.3) is 10.9 Å². The number of fused-ring (bicyclic) bond motifs is 1. The molecule has 0 saturated heterocycles. The van der Waals surface area contributed by atoms with Crippen molar-refractivity contribution in [1.82, 2.24) is 4.98 Å². The van der Waals surface area contributed by atoms with Crippen molar-refractivity contribution in [1.29, 1.82) is 0 Å². The standard InChI is InChI=1S/C19H14ClF3NO2/c20-16-7-12(25)6-15(19(21,22)23)18(16)26-13-3-4-17-14(8-13)11(9-24-17)5-10-1-2-10/h3-4,6-10,24H,1-2,5H2. The second-order valence-corrected chi connectivity index (χ2v) is 6.96. The maximum absolute atomic E-state index is 13.2. The average Bonchev–Trinajstić information content (AvgIpc) is 3.29. The lowest BCUT2D eigenvalue weighted by atomic mass is 10.1. The molecule has 0 unspecified atom stereocenters. The highest BCUT2D eigenvalue weighted by molar-refractivity contribution is 6.32. The summed E-state index contributed by atoms with van der Waals surface area (Å²) in [5.41, 5.74) is 0.831. The van der Waals surface area contributed by atoms with Crippen molar-refractivity contribution in [2.24, 2.45) is 5.92 Å². The Hall–Kier alpha value is -2.34. The summed E-state index contributed by atoms with van der Waals surface area (Å²) >= 11 is 5.86. The summed E-state index contributed by atoms with van der Waals surface area (Å²) in [6.07, 6.45) is 0.522. The molecule has 1 radical (unpaired) electrons. The molecule has 3 aromatic rings. The average molecular weight is 381 g/mol. The molecule has 0 spiro atoms. The van der Waals surface area contributed by atoms with E-state index in [4.69, 9.17) is 16.3 Å². The first-order valence-corrected chi connectivity index (χ1v) is 8.54. The third-order valence-electron chi connectivity index (χ3n) is 4.49. The molecule has 0 aliphatic heterocycles. The van der Waals surface area contributed by atoms with E-state index in [1.54, 1.807) is 18.2 Å². The molecule has 1 aliphatic rings. The van der Waals surface area contributed by atoms with Gasteiger partial charge in [0.05, 0.1) is 5.02 Å². The van der Waals surface area contributed by atoms with Gasteiger partial charge in [0.1, 0.15) is 11.3 Å². The summed E-state index contributed by atoms with van der Waals surface area (Å²) in [4.78, 5) is 3.16. The highest BCUT2D eigenvalue weighted by Gasteiger charge is 2.36. The first-order valence-electron chi connectivity index (χ1n) is 8.17. The minimum Gasteiger partial charge on any atom is -0.455 e. The van der Waals surface area contributed by atoms with Crippen molar-refractivity contribution in [2.45, 2.75) is 25.4 Å². The number of aromatic nitrogens is 1. The molecule has 2 aromatic carbocycles. The molecule has 1 aromatic heterocycles. The highest BCUT2D eigenvalue weighted by Crippen LogP contribution is 2.45. The van der Waals surface area contributed by atoms with Gasteiger partial charge in [0.15, 0.2) is 11.5 Å². The molecule has 1 fully saturated rings. The van der Waals surface area contributed by atoms with Crippen LogP contribution in [0.2, 0.25) is 5.02 Å². The minimum atomic E-state index is -4.74. The molecule has 0 bridgehead atoms. The van der Waals surface area contributed by atoms with E-state index in [1.807, 2.05) is 6.20 Å². The Morgan fingerprint density at radius 2 is 1.96 bits per heavy atom. The van der Waals surface area contributed by atoms with Gasteiger partial charge in [0, 0.05) is 29.2 Å². The Bertz CT molecular complexity index is 977. The number of hydrogen-bond donors (Lipinski definition) is 1. The van der Waals surface area contributed by atoms with Crippen molar-refractivity contribution < 1.29 is 23.0 Å². The van der Waals surface area contributed by atoms with Gasteiger partial charge in [-0.2, -0.15) is 13.2 Å². The van der Waals surface area contributed by atoms with Crippen molar-refractivity contribution in [3.05, 3.63) is 52.7 Å². The van der Waals surface area contributed by atoms with Crippen LogP contribution in [0, 0.1) is 5.92 Å². The van der Waals surface area contributed by atoms with Crippen LogP contribution in [-0.2, 0) is 17.7 Å². The highest BCUT2D eigenvalue weighted by atomic mass is 35.5. The van der Waals surface area contributed by atoms with Crippen LogP contribution < -0.4 is 4.74 Å². The van der Waals surface area contributed by atoms with Crippen LogP contribution in [-0.4, -0.2) is 4.98 Å². The second-order valence-electron chi connectivity index (χ2n) is 6.55. The summed E-state index contributed by atoms with van der Waals surface area (Å²) in [6.45, 7) is 0. The zero-order valence-corrected chi connectivity index (χ0v) is 14.2. The molecule has 1 aliphatic carbocycles. The summed E-state index contributed by atoms with van der Waals surface area (Å²) in [5.74, 6) is -0.463. The van der Waals surface area contributed by atoms with E-state index >= 15 is 0 Å². The van der Waals surface area contributed by atoms with Gasteiger partial charge < -0.3 is 9.72 Å². The van der Waals surface area contributed by atoms with Gasteiger partial charge in [0.2, 0.25) is 0 Å². The zero-order chi connectivity index (χ0) is 18.5. The van der Waals surface area contributed by atoms with Gasteiger partial charge in [-0.15, -0.1) is 0 Å². The minimum absolute atomic E-state index is 0.236. The molecule has 26 heavy (non-hydrogen) atoms. The van der Waals surface area contributed by atoms with Crippen molar-refractivity contribution in [3.8, 4) is 17.2 Å². The molecule has 1 saturated carbocycles. The fourth-order valence-electron chi connectivity index (χ4n) is 3.02. The third-order valence-corrected chi connectivity index (χ3v) is 4.77. The SMILES string of the molecule is [O]c1cc(Cl)c(Oc2ccc3[nH]cc(CC4CC4)c3c2)c(C(F)(F)F)c1. The van der Waals surface area contributed by atoms with Crippen LogP contribution in [0.3, 0.4) is 0 Å². The molecule has 1 N–H and O–H groups in total. The molecule has 135 valence electrons. The van der Waals surface area contributed by atoms with E-state index < -0.39 is 23.2 Å². The van der Waals surface area contributed by atoms with E-state index in [0.29, 0.717) is 12.0 Å². The first-order chi connectivity index (χ1) is 12.3. The van der Waals surface area contributed by atoms with E-state index in [-0.39, 0.29) is 10.8 Å². The van der Waals surface area contributed by atoms with E-state index in [2.05, 4.69) is 4.98 Å². The Morgan fingerprint density at radius 1 is 1.19 bits per heavy atom. The fourth-order valence-corrected chi connectivity index (χ4v) is 3.27. The number of rotatable bonds is 4. The molecular formula is C19H14ClF3NO2. The number of H-pyrrole nitrogens is 1. The van der Waals surface area contributed by atoms with E-state index in [0.717, 1.165) is 29.0 Å². The van der Waals surface area contributed by atoms with Gasteiger partial charge in [-0.3, -0.25) is 5.11 Å². The maximum atomic E-state index is 13.2. The summed E-state index contributed by atoms with van der Waals surface area (Å²) in [7, 11) is 0. The van der Waals surface area contributed by atoms with Gasteiger partial charge in [-0.1, -0.05) is 11.6 Å². The smallest absolute Gasteiger partial charge is 0.420 e. The van der Waals surface area contributed by atoms with E-state index in [1.165, 1.54) is 12.8 Å². The van der Waals surface area contributed by atoms with Crippen LogP contribution in [0.15, 0.2) is 36.5 Å². The topological polar surface area (TPSA) is 44.9 Å². The Morgan fingerprint density at radius 3 is 2.65 bits per heavy atom. The number of halogens is 4. The summed E-state index contributed by atoms with van der Waals surface area (Å²) in [5, 5.41) is 12.0. The number of nitrogens with one attached hydrogen (secondary N) is 1. The number of benzene rings is 2. The normalized spacial score (nSPS) is 14.8. The monoisotopic (exact) mass is 380 g/mol. The molecule has 3 nitrogen and oxygen atoms in total. The van der Waals surface area contributed by atoms with Crippen LogP contribution in [0.5, 0.6) is 17.2 Å². The summed E-state index contributed by atoms with van der Waals surface area (Å²) in [6, 6.07) is 6.44. The molecule has 7 heteroatoms. The predicted octanol–water partition coefficient (Wildman–Crippen LogP) is 6.73. The van der Waals surface area contributed by atoms with Crippen LogP contribution >= 0.6 is 11.6 Å². The number of alkyl halides is 3. The Labute approximate surface area is 152 Å². The van der Waals surface area contributed by atoms with Gasteiger partial charge in [-0.25, -0.2) is 0 Å². The van der Waals surface area contributed by atoms with Gasteiger partial charge >= 0.3 is 6.18 Å². The largest absolute Gasteiger partial charge is 0.455 e. The number of aromatic amines is 1. The third kappa shape index (κ3) is 3.33. The number of hydrogen-bond acceptors (Lipinski definition) is 1. The molecule has 4 rings (SSSR count). The molecule has 1 heterocycles. The lowest BCUT2D eigenvalue weighted by Gasteiger charge is -2.15. The lowest BCUT2D eigenvalue weighted by molar-refractivity contribution is -0.138. The quantitative estimate of drug-likeness (QED) is 0.536. The van der Waals surface area contributed by atoms with Crippen LogP contribution in [0.4, 0.5) is 13.2 Å². The number of ether oxygens (including phenoxy) is 1. The lowest BCUT2D eigenvalue weighted by Crippen LogP contribution is -2.07. The Kier molecular flexibility index (Phi) is 4.03.